The molecule has 2 aromatic heterocycles. The van der Waals surface area contributed by atoms with Gasteiger partial charge in [0.15, 0.2) is 5.65 Å². The second-order valence-corrected chi connectivity index (χ2v) is 6.54. The van der Waals surface area contributed by atoms with E-state index in [0.717, 1.165) is 30.2 Å². The summed E-state index contributed by atoms with van der Waals surface area (Å²) in [6.45, 7) is 0.641. The van der Waals surface area contributed by atoms with Gasteiger partial charge in [-0.2, -0.15) is 17.7 Å². The predicted octanol–water partition coefficient (Wildman–Crippen LogP) is 2.82. The fraction of sp³-hybridized carbons (Fsp3) is 0.667. The van der Waals surface area contributed by atoms with Gasteiger partial charge in [0.1, 0.15) is 5.82 Å². The van der Waals surface area contributed by atoms with Crippen molar-refractivity contribution in [3.05, 3.63) is 18.0 Å². The number of rotatable bonds is 4. The molecule has 0 bridgehead atoms. The average Bonchev–Trinajstić information content (AvgIpc) is 2.97. The quantitative estimate of drug-likeness (QED) is 0.926. The molecule has 1 saturated carbocycles. The first-order chi connectivity index (χ1) is 11.3. The molecule has 0 unspecified atom stereocenters. The van der Waals surface area contributed by atoms with Crippen LogP contribution in [0.1, 0.15) is 37.9 Å². The molecule has 6 nitrogen and oxygen atoms in total. The van der Waals surface area contributed by atoms with Crippen LogP contribution in [0.3, 0.4) is 0 Å². The van der Waals surface area contributed by atoms with Crippen molar-refractivity contribution in [2.24, 2.45) is 0 Å². The van der Waals surface area contributed by atoms with Crippen molar-refractivity contribution in [3.63, 3.8) is 0 Å². The van der Waals surface area contributed by atoms with Gasteiger partial charge in [-0.05, 0) is 39.1 Å². The maximum absolute atomic E-state index is 12.9. The van der Waals surface area contributed by atoms with Crippen LogP contribution in [-0.4, -0.2) is 50.9 Å². The van der Waals surface area contributed by atoms with Gasteiger partial charge in [0.2, 0.25) is 0 Å². The molecule has 1 N–H and O–H groups in total. The van der Waals surface area contributed by atoms with Gasteiger partial charge in [-0.3, -0.25) is 0 Å². The number of aromatic nitrogens is 4. The number of alkyl halides is 3. The molecule has 0 spiro atoms. The Morgan fingerprint density at radius 2 is 1.88 bits per heavy atom. The number of hydrogen-bond donors (Lipinski definition) is 1. The molecule has 0 aliphatic heterocycles. The van der Waals surface area contributed by atoms with Crippen LogP contribution in [0.25, 0.3) is 5.65 Å². The lowest BCUT2D eigenvalue weighted by molar-refractivity contribution is -0.146. The lowest BCUT2D eigenvalue weighted by Crippen LogP contribution is -2.51. The maximum atomic E-state index is 12.9. The van der Waals surface area contributed by atoms with Crippen LogP contribution >= 0.6 is 0 Å². The van der Waals surface area contributed by atoms with E-state index in [1.165, 1.54) is 12.5 Å². The van der Waals surface area contributed by atoms with Crippen LogP contribution in [0.4, 0.5) is 19.0 Å². The Balaban J connectivity index is 1.82. The highest BCUT2D eigenvalue weighted by molar-refractivity contribution is 5.44. The summed E-state index contributed by atoms with van der Waals surface area (Å²) >= 11 is 0. The van der Waals surface area contributed by atoms with E-state index in [1.54, 1.807) is 6.07 Å². The SMILES string of the molecule is CN(C)C1(CNc2ccc3nnc(C(F)(F)F)n3n2)CCCCC1. The molecule has 1 aliphatic rings. The summed E-state index contributed by atoms with van der Waals surface area (Å²) in [7, 11) is 4.09. The minimum atomic E-state index is -4.58. The van der Waals surface area contributed by atoms with Gasteiger partial charge in [0.25, 0.3) is 5.82 Å². The summed E-state index contributed by atoms with van der Waals surface area (Å²) in [4.78, 5) is 2.21. The summed E-state index contributed by atoms with van der Waals surface area (Å²) in [5, 5.41) is 13.9. The molecule has 0 atom stereocenters. The fourth-order valence-electron chi connectivity index (χ4n) is 3.31. The molecule has 0 radical (unpaired) electrons. The third-order valence-electron chi connectivity index (χ3n) is 4.85. The summed E-state index contributed by atoms with van der Waals surface area (Å²) in [6, 6.07) is 3.12. The average molecular weight is 342 g/mol. The van der Waals surface area contributed by atoms with E-state index in [4.69, 9.17) is 0 Å². The smallest absolute Gasteiger partial charge is 0.367 e. The van der Waals surface area contributed by atoms with E-state index >= 15 is 0 Å². The Labute approximate surface area is 138 Å². The number of nitrogens with zero attached hydrogens (tertiary/aromatic N) is 5. The van der Waals surface area contributed by atoms with E-state index in [9.17, 15) is 13.2 Å². The van der Waals surface area contributed by atoms with Gasteiger partial charge < -0.3 is 10.2 Å². The van der Waals surface area contributed by atoms with E-state index < -0.39 is 12.0 Å². The monoisotopic (exact) mass is 342 g/mol. The molecule has 0 aromatic carbocycles. The lowest BCUT2D eigenvalue weighted by Gasteiger charge is -2.43. The molecule has 2 aromatic rings. The van der Waals surface area contributed by atoms with E-state index in [2.05, 4.69) is 25.5 Å². The van der Waals surface area contributed by atoms with Crippen molar-refractivity contribution in [3.8, 4) is 0 Å². The first kappa shape index (κ1) is 16.9. The second kappa shape index (κ2) is 6.19. The number of hydrogen-bond acceptors (Lipinski definition) is 5. The number of fused-ring (bicyclic) bond motifs is 1. The molecule has 1 fully saturated rings. The van der Waals surface area contributed by atoms with Crippen LogP contribution in [-0.2, 0) is 6.18 Å². The molecule has 1 aliphatic carbocycles. The molecule has 0 amide bonds. The Kier molecular flexibility index (Phi) is 4.37. The molecule has 2 heterocycles. The number of anilines is 1. The van der Waals surface area contributed by atoms with Crippen molar-refractivity contribution in [1.82, 2.24) is 24.7 Å². The standard InChI is InChI=1S/C15H21F3N6/c1-23(2)14(8-4-3-5-9-14)10-19-11-6-7-12-20-21-13(15(16,17)18)24(12)22-11/h6-7H,3-5,8-10H2,1-2H3,(H,19,22). The highest BCUT2D eigenvalue weighted by Gasteiger charge is 2.38. The van der Waals surface area contributed by atoms with E-state index in [1.807, 2.05) is 14.1 Å². The Hall–Kier alpha value is -1.90. The first-order valence-electron chi connectivity index (χ1n) is 8.03. The third-order valence-corrected chi connectivity index (χ3v) is 4.85. The van der Waals surface area contributed by atoms with Gasteiger partial charge in [0.05, 0.1) is 0 Å². The molecular weight excluding hydrogens is 321 g/mol. The zero-order valence-corrected chi connectivity index (χ0v) is 13.8. The summed E-state index contributed by atoms with van der Waals surface area (Å²) in [5.41, 5.74) is 0.0856. The molecule has 0 saturated heterocycles. The molecule has 24 heavy (non-hydrogen) atoms. The highest BCUT2D eigenvalue weighted by atomic mass is 19.4. The largest absolute Gasteiger partial charge is 0.453 e. The normalized spacial score (nSPS) is 18.2. The Morgan fingerprint density at radius 3 is 2.50 bits per heavy atom. The van der Waals surface area contributed by atoms with Gasteiger partial charge in [-0.15, -0.1) is 15.3 Å². The Morgan fingerprint density at radius 1 is 1.17 bits per heavy atom. The van der Waals surface area contributed by atoms with E-state index in [-0.39, 0.29) is 11.2 Å². The Bertz CT molecular complexity index is 703. The van der Waals surface area contributed by atoms with Crippen molar-refractivity contribution in [1.29, 1.82) is 0 Å². The van der Waals surface area contributed by atoms with Crippen molar-refractivity contribution in [2.75, 3.05) is 26.0 Å². The van der Waals surface area contributed by atoms with Crippen LogP contribution in [0.15, 0.2) is 12.1 Å². The lowest BCUT2D eigenvalue weighted by atomic mass is 9.80. The third kappa shape index (κ3) is 3.17. The van der Waals surface area contributed by atoms with Crippen molar-refractivity contribution >= 4 is 11.5 Å². The van der Waals surface area contributed by atoms with Gasteiger partial charge in [0, 0.05) is 12.1 Å². The van der Waals surface area contributed by atoms with E-state index in [0.29, 0.717) is 12.4 Å². The summed E-state index contributed by atoms with van der Waals surface area (Å²) in [5.74, 6) is -0.722. The van der Waals surface area contributed by atoms with Crippen LogP contribution in [0.2, 0.25) is 0 Å². The van der Waals surface area contributed by atoms with Crippen LogP contribution in [0.5, 0.6) is 0 Å². The predicted molar refractivity (Wildman–Crippen MR) is 83.8 cm³/mol. The number of likely N-dealkylation sites (N-methyl/N-ethyl adjacent to an activating group) is 1. The molecule has 9 heteroatoms. The minimum absolute atomic E-state index is 0.00886. The highest BCUT2D eigenvalue weighted by Crippen LogP contribution is 2.32. The topological polar surface area (TPSA) is 58.3 Å². The van der Waals surface area contributed by atoms with Gasteiger partial charge in [-0.1, -0.05) is 19.3 Å². The number of halogens is 3. The van der Waals surface area contributed by atoms with Gasteiger partial charge >= 0.3 is 6.18 Å². The van der Waals surface area contributed by atoms with Crippen molar-refractivity contribution < 1.29 is 13.2 Å². The first-order valence-corrected chi connectivity index (χ1v) is 8.03. The summed E-state index contributed by atoms with van der Waals surface area (Å²) in [6.07, 6.45) is 1.10. The zero-order valence-electron chi connectivity index (χ0n) is 13.8. The minimum Gasteiger partial charge on any atom is -0.367 e. The molecular formula is C15H21F3N6. The maximum Gasteiger partial charge on any atom is 0.453 e. The summed E-state index contributed by atoms with van der Waals surface area (Å²) < 4.78 is 39.5. The van der Waals surface area contributed by atoms with Gasteiger partial charge in [-0.25, -0.2) is 0 Å². The molecule has 132 valence electrons. The van der Waals surface area contributed by atoms with Crippen LogP contribution < -0.4 is 5.32 Å². The van der Waals surface area contributed by atoms with Crippen molar-refractivity contribution in [2.45, 2.75) is 43.8 Å². The second-order valence-electron chi connectivity index (χ2n) is 6.54. The fourth-order valence-corrected chi connectivity index (χ4v) is 3.31. The van der Waals surface area contributed by atoms with Crippen LogP contribution in [0, 0.1) is 0 Å². The number of nitrogens with one attached hydrogen (secondary N) is 1. The molecule has 3 rings (SSSR count). The zero-order chi connectivity index (χ0) is 17.4.